The molecular weight excluding hydrogens is 156 g/mol. The monoisotopic (exact) mass is 172 g/mol. The zero-order valence-electron chi connectivity index (χ0n) is 7.92. The fourth-order valence-corrected chi connectivity index (χ4v) is 1.53. The summed E-state index contributed by atoms with van der Waals surface area (Å²) >= 11 is 0. The highest BCUT2D eigenvalue weighted by Crippen LogP contribution is 2.32. The topological polar surface area (TPSA) is 35.5 Å². The molecule has 0 amide bonds. The van der Waals surface area contributed by atoms with Crippen LogP contribution in [0.5, 0.6) is 0 Å². The molecule has 3 nitrogen and oxygen atoms in total. The van der Waals surface area contributed by atoms with E-state index in [1.165, 1.54) is 0 Å². The van der Waals surface area contributed by atoms with Crippen molar-refractivity contribution in [2.45, 2.75) is 33.0 Å². The Kier molecular flexibility index (Phi) is 2.54. The van der Waals surface area contributed by atoms with E-state index in [1.54, 1.807) is 0 Å². The Hall–Kier alpha value is -0.410. The molecule has 0 aromatic rings. The van der Waals surface area contributed by atoms with Gasteiger partial charge < -0.3 is 14.3 Å². The van der Waals surface area contributed by atoms with Crippen LogP contribution in [0.15, 0.2) is 0 Å². The van der Waals surface area contributed by atoms with Gasteiger partial charge in [0.2, 0.25) is 0 Å². The number of hydrogen-bond donors (Lipinski definition) is 0. The number of rotatable bonds is 3. The molecule has 0 radical (unpaired) electrons. The molecule has 1 saturated heterocycles. The summed E-state index contributed by atoms with van der Waals surface area (Å²) in [6, 6.07) is 0. The summed E-state index contributed by atoms with van der Waals surface area (Å²) in [5, 5.41) is 0. The SMILES string of the molecule is CC(C)(C=O)CC1(C)OCCO1. The third kappa shape index (κ3) is 2.29. The number of ether oxygens (including phenoxy) is 2. The molecule has 3 heteroatoms. The van der Waals surface area contributed by atoms with Gasteiger partial charge in [-0.25, -0.2) is 0 Å². The normalized spacial score (nSPS) is 22.6. The molecule has 1 fully saturated rings. The molecule has 0 unspecified atom stereocenters. The first kappa shape index (κ1) is 9.68. The third-order valence-corrected chi connectivity index (χ3v) is 1.99. The second-order valence-corrected chi connectivity index (χ2v) is 4.11. The number of aldehydes is 1. The summed E-state index contributed by atoms with van der Waals surface area (Å²) in [7, 11) is 0. The van der Waals surface area contributed by atoms with E-state index < -0.39 is 5.79 Å². The molecule has 12 heavy (non-hydrogen) atoms. The van der Waals surface area contributed by atoms with Crippen molar-refractivity contribution < 1.29 is 14.3 Å². The van der Waals surface area contributed by atoms with Crippen LogP contribution < -0.4 is 0 Å². The van der Waals surface area contributed by atoms with E-state index in [0.29, 0.717) is 19.6 Å². The summed E-state index contributed by atoms with van der Waals surface area (Å²) in [6.45, 7) is 6.91. The van der Waals surface area contributed by atoms with Crippen LogP contribution >= 0.6 is 0 Å². The highest BCUT2D eigenvalue weighted by atomic mass is 16.7. The molecule has 70 valence electrons. The lowest BCUT2D eigenvalue weighted by Gasteiger charge is -2.29. The number of carbonyl (C=O) groups is 1. The first-order chi connectivity index (χ1) is 5.47. The van der Waals surface area contributed by atoms with Crippen molar-refractivity contribution in [3.05, 3.63) is 0 Å². The summed E-state index contributed by atoms with van der Waals surface area (Å²) in [4.78, 5) is 10.6. The van der Waals surface area contributed by atoms with E-state index in [1.807, 2.05) is 20.8 Å². The van der Waals surface area contributed by atoms with Crippen molar-refractivity contribution in [1.82, 2.24) is 0 Å². The standard InChI is InChI=1S/C9H16O3/c1-8(2,7-10)6-9(3)11-4-5-12-9/h7H,4-6H2,1-3H3. The van der Waals surface area contributed by atoms with Gasteiger partial charge in [0.15, 0.2) is 5.79 Å². The van der Waals surface area contributed by atoms with Gasteiger partial charge in [0.1, 0.15) is 6.29 Å². The van der Waals surface area contributed by atoms with E-state index in [2.05, 4.69) is 0 Å². The maximum atomic E-state index is 10.6. The fraction of sp³-hybridized carbons (Fsp3) is 0.889. The van der Waals surface area contributed by atoms with Crippen LogP contribution in [-0.4, -0.2) is 25.3 Å². The smallest absolute Gasteiger partial charge is 0.166 e. The van der Waals surface area contributed by atoms with E-state index in [-0.39, 0.29) is 5.41 Å². The zero-order chi connectivity index (χ0) is 9.24. The van der Waals surface area contributed by atoms with Crippen molar-refractivity contribution in [3.63, 3.8) is 0 Å². The number of carbonyl (C=O) groups excluding carboxylic acids is 1. The van der Waals surface area contributed by atoms with Crippen LogP contribution in [-0.2, 0) is 14.3 Å². The summed E-state index contributed by atoms with van der Waals surface area (Å²) < 4.78 is 10.8. The van der Waals surface area contributed by atoms with E-state index >= 15 is 0 Å². The van der Waals surface area contributed by atoms with Gasteiger partial charge in [-0.2, -0.15) is 0 Å². The molecule has 0 N–H and O–H groups in total. The van der Waals surface area contributed by atoms with E-state index in [9.17, 15) is 4.79 Å². The van der Waals surface area contributed by atoms with E-state index in [0.717, 1.165) is 6.29 Å². The van der Waals surface area contributed by atoms with Gasteiger partial charge in [-0.05, 0) is 6.92 Å². The second kappa shape index (κ2) is 3.15. The largest absolute Gasteiger partial charge is 0.348 e. The fourth-order valence-electron chi connectivity index (χ4n) is 1.53. The summed E-state index contributed by atoms with van der Waals surface area (Å²) in [5.41, 5.74) is -0.362. The highest BCUT2D eigenvalue weighted by molar-refractivity contribution is 5.57. The summed E-state index contributed by atoms with van der Waals surface area (Å²) in [6.07, 6.45) is 1.56. The first-order valence-corrected chi connectivity index (χ1v) is 4.22. The van der Waals surface area contributed by atoms with Gasteiger partial charge in [0, 0.05) is 11.8 Å². The van der Waals surface area contributed by atoms with Crippen molar-refractivity contribution in [2.75, 3.05) is 13.2 Å². The predicted octanol–water partition coefficient (Wildman–Crippen LogP) is 1.36. The van der Waals surface area contributed by atoms with Gasteiger partial charge in [-0.3, -0.25) is 0 Å². The van der Waals surface area contributed by atoms with Crippen molar-refractivity contribution in [2.24, 2.45) is 5.41 Å². The van der Waals surface area contributed by atoms with Crippen LogP contribution in [0.1, 0.15) is 27.2 Å². The van der Waals surface area contributed by atoms with Gasteiger partial charge in [0.25, 0.3) is 0 Å². The maximum absolute atomic E-state index is 10.6. The molecule has 1 aliphatic heterocycles. The van der Waals surface area contributed by atoms with Gasteiger partial charge in [-0.1, -0.05) is 13.8 Å². The molecule has 0 aromatic carbocycles. The Balaban J connectivity index is 2.54. The zero-order valence-corrected chi connectivity index (χ0v) is 7.92. The Bertz CT molecular complexity index is 169. The average molecular weight is 172 g/mol. The Morgan fingerprint density at radius 2 is 1.92 bits per heavy atom. The van der Waals surface area contributed by atoms with Gasteiger partial charge >= 0.3 is 0 Å². The molecule has 1 aliphatic rings. The quantitative estimate of drug-likeness (QED) is 0.603. The van der Waals surface area contributed by atoms with Gasteiger partial charge in [-0.15, -0.1) is 0 Å². The molecule has 0 atom stereocenters. The van der Waals surface area contributed by atoms with Crippen LogP contribution in [0.4, 0.5) is 0 Å². The van der Waals surface area contributed by atoms with Crippen LogP contribution in [0.3, 0.4) is 0 Å². The Morgan fingerprint density at radius 3 is 2.33 bits per heavy atom. The maximum Gasteiger partial charge on any atom is 0.166 e. The minimum Gasteiger partial charge on any atom is -0.348 e. The molecule has 0 spiro atoms. The minimum atomic E-state index is -0.551. The van der Waals surface area contributed by atoms with Crippen LogP contribution in [0, 0.1) is 5.41 Å². The van der Waals surface area contributed by atoms with Gasteiger partial charge in [0.05, 0.1) is 13.2 Å². The van der Waals surface area contributed by atoms with Crippen molar-refractivity contribution >= 4 is 6.29 Å². The molecule has 0 aromatic heterocycles. The lowest BCUT2D eigenvalue weighted by atomic mass is 9.87. The third-order valence-electron chi connectivity index (χ3n) is 1.99. The minimum absolute atomic E-state index is 0.362. The molecule has 0 bridgehead atoms. The lowest BCUT2D eigenvalue weighted by molar-refractivity contribution is -0.165. The molecule has 0 saturated carbocycles. The Labute approximate surface area is 73.0 Å². The Morgan fingerprint density at radius 1 is 1.42 bits per heavy atom. The first-order valence-electron chi connectivity index (χ1n) is 4.22. The lowest BCUT2D eigenvalue weighted by Crippen LogP contribution is -2.33. The van der Waals surface area contributed by atoms with Crippen molar-refractivity contribution in [3.8, 4) is 0 Å². The average Bonchev–Trinajstić information content (AvgIpc) is 2.35. The predicted molar refractivity (Wildman–Crippen MR) is 44.8 cm³/mol. The second-order valence-electron chi connectivity index (χ2n) is 4.11. The highest BCUT2D eigenvalue weighted by Gasteiger charge is 2.37. The number of hydrogen-bond acceptors (Lipinski definition) is 3. The van der Waals surface area contributed by atoms with E-state index in [4.69, 9.17) is 9.47 Å². The van der Waals surface area contributed by atoms with Crippen molar-refractivity contribution in [1.29, 1.82) is 0 Å². The van der Waals surface area contributed by atoms with Crippen LogP contribution in [0.2, 0.25) is 0 Å². The molecule has 1 rings (SSSR count). The molecule has 0 aliphatic carbocycles. The molecule has 1 heterocycles. The summed E-state index contributed by atoms with van der Waals surface area (Å²) in [5.74, 6) is -0.551. The van der Waals surface area contributed by atoms with Crippen LogP contribution in [0.25, 0.3) is 0 Å². The molecular formula is C9H16O3.